The number of carbonyl (C=O) groups excluding carboxylic acids is 1. The van der Waals surface area contributed by atoms with Crippen molar-refractivity contribution < 1.29 is 14.1 Å². The molecule has 0 spiro atoms. The number of likely N-dealkylation sites (tertiary alicyclic amines) is 1. The number of benzene rings is 2. The average Bonchev–Trinajstić information content (AvgIpc) is 3.28. The molecule has 1 fully saturated rings. The van der Waals surface area contributed by atoms with Crippen LogP contribution in [0.15, 0.2) is 53.1 Å². The zero-order valence-electron chi connectivity index (χ0n) is 18.7. The number of hydrogen-bond donors (Lipinski definition) is 1. The van der Waals surface area contributed by atoms with Gasteiger partial charge in [0, 0.05) is 18.0 Å². The first kappa shape index (κ1) is 22.0. The van der Waals surface area contributed by atoms with Crippen molar-refractivity contribution in [2.75, 3.05) is 26.7 Å². The quantitative estimate of drug-likeness (QED) is 0.583. The maximum absolute atomic E-state index is 12.6. The molecule has 3 aromatic rings. The van der Waals surface area contributed by atoms with Gasteiger partial charge in [0.15, 0.2) is 0 Å². The normalized spacial score (nSPS) is 14.9. The summed E-state index contributed by atoms with van der Waals surface area (Å²) in [5.74, 6) is 2.29. The molecule has 0 saturated carbocycles. The standard InChI is InChI=1S/C25H30N4O3/c1-18-4-3-5-21(16-18)24-27-23(32-28-24)17-29-14-11-20(12-15-29)25(30)26-13-10-19-6-8-22(31-2)9-7-19/h3-9,16,20H,10-15,17H2,1-2H3,(H,26,30). The molecule has 0 bridgehead atoms. The second-order valence-electron chi connectivity index (χ2n) is 8.32. The second-order valence-corrected chi connectivity index (χ2v) is 8.32. The van der Waals surface area contributed by atoms with E-state index in [-0.39, 0.29) is 11.8 Å². The van der Waals surface area contributed by atoms with Crippen LogP contribution in [0.3, 0.4) is 0 Å². The van der Waals surface area contributed by atoms with Crippen LogP contribution in [0.5, 0.6) is 5.75 Å². The summed E-state index contributed by atoms with van der Waals surface area (Å²) in [6.45, 7) is 5.00. The van der Waals surface area contributed by atoms with Crippen molar-refractivity contribution in [3.05, 3.63) is 65.5 Å². The number of nitrogens with zero attached hydrogens (tertiary/aromatic N) is 3. The van der Waals surface area contributed by atoms with Crippen LogP contribution < -0.4 is 10.1 Å². The van der Waals surface area contributed by atoms with Gasteiger partial charge in [-0.05, 0) is 63.0 Å². The van der Waals surface area contributed by atoms with Crippen LogP contribution in [-0.4, -0.2) is 47.7 Å². The van der Waals surface area contributed by atoms with Gasteiger partial charge >= 0.3 is 0 Å². The Bertz CT molecular complexity index is 1020. The molecule has 0 unspecified atom stereocenters. The lowest BCUT2D eigenvalue weighted by atomic mass is 9.96. The Morgan fingerprint density at radius 3 is 2.69 bits per heavy atom. The van der Waals surface area contributed by atoms with Gasteiger partial charge in [-0.25, -0.2) is 0 Å². The number of methoxy groups -OCH3 is 1. The number of aryl methyl sites for hydroxylation is 1. The fraction of sp³-hybridized carbons (Fsp3) is 0.400. The average molecular weight is 435 g/mol. The molecule has 1 aromatic heterocycles. The largest absolute Gasteiger partial charge is 0.497 e. The Balaban J connectivity index is 1.19. The van der Waals surface area contributed by atoms with Gasteiger partial charge in [-0.15, -0.1) is 0 Å². The first-order valence-electron chi connectivity index (χ1n) is 11.1. The Morgan fingerprint density at radius 1 is 1.19 bits per heavy atom. The molecule has 2 aromatic carbocycles. The third-order valence-electron chi connectivity index (χ3n) is 5.93. The van der Waals surface area contributed by atoms with Crippen LogP contribution >= 0.6 is 0 Å². The highest BCUT2D eigenvalue weighted by Crippen LogP contribution is 2.21. The van der Waals surface area contributed by atoms with Crippen molar-refractivity contribution in [3.8, 4) is 17.1 Å². The lowest BCUT2D eigenvalue weighted by Crippen LogP contribution is -2.40. The van der Waals surface area contributed by atoms with E-state index in [1.54, 1.807) is 7.11 Å². The summed E-state index contributed by atoms with van der Waals surface area (Å²) >= 11 is 0. The summed E-state index contributed by atoms with van der Waals surface area (Å²) in [6, 6.07) is 16.0. The number of ether oxygens (including phenoxy) is 1. The van der Waals surface area contributed by atoms with E-state index in [0.717, 1.165) is 49.2 Å². The summed E-state index contributed by atoms with van der Waals surface area (Å²) in [7, 11) is 1.66. The molecule has 0 atom stereocenters. The van der Waals surface area contributed by atoms with Crippen LogP contribution in [-0.2, 0) is 17.8 Å². The third kappa shape index (κ3) is 5.73. The van der Waals surface area contributed by atoms with Gasteiger partial charge in [-0.1, -0.05) is 41.1 Å². The van der Waals surface area contributed by atoms with E-state index in [1.807, 2.05) is 55.5 Å². The highest BCUT2D eigenvalue weighted by Gasteiger charge is 2.25. The maximum atomic E-state index is 12.6. The number of piperidine rings is 1. The fourth-order valence-electron chi connectivity index (χ4n) is 4.03. The minimum atomic E-state index is 0.0626. The predicted octanol–water partition coefficient (Wildman–Crippen LogP) is 3.62. The van der Waals surface area contributed by atoms with Gasteiger partial charge in [0.25, 0.3) is 0 Å². The molecule has 1 amide bonds. The van der Waals surface area contributed by atoms with Gasteiger partial charge in [-0.2, -0.15) is 4.98 Å². The van der Waals surface area contributed by atoms with Crippen LogP contribution in [0.4, 0.5) is 0 Å². The predicted molar refractivity (Wildman–Crippen MR) is 122 cm³/mol. The monoisotopic (exact) mass is 434 g/mol. The number of hydrogen-bond acceptors (Lipinski definition) is 6. The van der Waals surface area contributed by atoms with E-state index in [9.17, 15) is 4.79 Å². The van der Waals surface area contributed by atoms with E-state index in [4.69, 9.17) is 9.26 Å². The molecule has 2 heterocycles. The minimum absolute atomic E-state index is 0.0626. The van der Waals surface area contributed by atoms with Crippen molar-refractivity contribution in [3.63, 3.8) is 0 Å². The van der Waals surface area contributed by atoms with Crippen molar-refractivity contribution in [2.45, 2.75) is 32.7 Å². The molecule has 32 heavy (non-hydrogen) atoms. The van der Waals surface area contributed by atoms with Gasteiger partial charge in [0.05, 0.1) is 13.7 Å². The van der Waals surface area contributed by atoms with Gasteiger partial charge in [0.2, 0.25) is 17.6 Å². The minimum Gasteiger partial charge on any atom is -0.497 e. The van der Waals surface area contributed by atoms with Gasteiger partial charge in [0.1, 0.15) is 5.75 Å². The molecule has 1 aliphatic heterocycles. The molecule has 4 rings (SSSR count). The summed E-state index contributed by atoms with van der Waals surface area (Å²) < 4.78 is 10.6. The van der Waals surface area contributed by atoms with E-state index < -0.39 is 0 Å². The van der Waals surface area contributed by atoms with Gasteiger partial charge in [-0.3, -0.25) is 9.69 Å². The fourth-order valence-corrected chi connectivity index (χ4v) is 4.03. The number of rotatable bonds is 8. The Labute approximate surface area is 188 Å². The molecular formula is C25H30N4O3. The smallest absolute Gasteiger partial charge is 0.241 e. The lowest BCUT2D eigenvalue weighted by Gasteiger charge is -2.30. The van der Waals surface area contributed by atoms with Crippen LogP contribution in [0.25, 0.3) is 11.4 Å². The number of aromatic nitrogens is 2. The molecule has 1 aliphatic rings. The van der Waals surface area contributed by atoms with E-state index in [1.165, 1.54) is 5.56 Å². The number of nitrogens with one attached hydrogen (secondary N) is 1. The van der Waals surface area contributed by atoms with Crippen molar-refractivity contribution >= 4 is 5.91 Å². The molecule has 1 saturated heterocycles. The van der Waals surface area contributed by atoms with Crippen LogP contribution in [0, 0.1) is 12.8 Å². The zero-order valence-corrected chi connectivity index (χ0v) is 18.7. The first-order chi connectivity index (χ1) is 15.6. The molecule has 7 nitrogen and oxygen atoms in total. The van der Waals surface area contributed by atoms with Crippen LogP contribution in [0.1, 0.15) is 29.9 Å². The first-order valence-corrected chi connectivity index (χ1v) is 11.1. The van der Waals surface area contributed by atoms with Crippen molar-refractivity contribution in [1.82, 2.24) is 20.4 Å². The highest BCUT2D eigenvalue weighted by atomic mass is 16.5. The van der Waals surface area contributed by atoms with Gasteiger partial charge < -0.3 is 14.6 Å². The molecular weight excluding hydrogens is 404 g/mol. The summed E-state index contributed by atoms with van der Waals surface area (Å²) in [4.78, 5) is 19.4. The Kier molecular flexibility index (Phi) is 7.17. The summed E-state index contributed by atoms with van der Waals surface area (Å²) in [5.41, 5.74) is 3.31. The van der Waals surface area contributed by atoms with Crippen molar-refractivity contribution in [2.24, 2.45) is 5.92 Å². The topological polar surface area (TPSA) is 80.5 Å². The SMILES string of the molecule is COc1ccc(CCNC(=O)C2CCN(Cc3nc(-c4cccc(C)c4)no3)CC2)cc1. The van der Waals surface area contributed by atoms with Crippen LogP contribution in [0.2, 0.25) is 0 Å². The molecule has 7 heteroatoms. The second kappa shape index (κ2) is 10.4. The lowest BCUT2D eigenvalue weighted by molar-refractivity contribution is -0.126. The Morgan fingerprint density at radius 2 is 1.97 bits per heavy atom. The zero-order chi connectivity index (χ0) is 22.3. The molecule has 168 valence electrons. The third-order valence-corrected chi connectivity index (χ3v) is 5.93. The van der Waals surface area contributed by atoms with E-state index in [0.29, 0.717) is 24.8 Å². The molecule has 0 aliphatic carbocycles. The molecule has 1 N–H and O–H groups in total. The summed E-state index contributed by atoms with van der Waals surface area (Å²) in [5, 5.41) is 7.21. The van der Waals surface area contributed by atoms with E-state index in [2.05, 4.69) is 20.4 Å². The highest BCUT2D eigenvalue weighted by molar-refractivity contribution is 5.78. The summed E-state index contributed by atoms with van der Waals surface area (Å²) in [6.07, 6.45) is 2.50. The number of carbonyl (C=O) groups is 1. The maximum Gasteiger partial charge on any atom is 0.241 e. The molecule has 0 radical (unpaired) electrons. The van der Waals surface area contributed by atoms with Crippen molar-refractivity contribution in [1.29, 1.82) is 0 Å². The van der Waals surface area contributed by atoms with E-state index >= 15 is 0 Å². The Hall–Kier alpha value is -3.19. The number of amides is 1.